The van der Waals surface area contributed by atoms with E-state index < -0.39 is 6.10 Å². The van der Waals surface area contributed by atoms with Gasteiger partial charge in [-0.1, -0.05) is 0 Å². The standard InChI is InChI=1S/C11H17N5O/c1-7(2)16-9(4-5-13-16)10(17)8-6-14-15(3)11(8)12/h4-7,10,17H,12H2,1-3H3. The molecule has 2 aromatic rings. The SMILES string of the molecule is CC(C)n1nccc1C(O)c1cnn(C)c1N. The monoisotopic (exact) mass is 235 g/mol. The lowest BCUT2D eigenvalue weighted by Gasteiger charge is -2.15. The van der Waals surface area contributed by atoms with E-state index >= 15 is 0 Å². The zero-order valence-electron chi connectivity index (χ0n) is 10.2. The fraction of sp³-hybridized carbons (Fsp3) is 0.455. The van der Waals surface area contributed by atoms with Gasteiger partial charge in [-0.05, 0) is 19.9 Å². The largest absolute Gasteiger partial charge is 0.384 e. The van der Waals surface area contributed by atoms with E-state index in [1.807, 2.05) is 13.8 Å². The molecule has 0 aliphatic carbocycles. The topological polar surface area (TPSA) is 81.9 Å². The molecule has 0 radical (unpaired) electrons. The van der Waals surface area contributed by atoms with E-state index in [1.54, 1.807) is 30.2 Å². The van der Waals surface area contributed by atoms with Crippen LogP contribution in [0.15, 0.2) is 18.5 Å². The van der Waals surface area contributed by atoms with Gasteiger partial charge in [-0.3, -0.25) is 9.36 Å². The van der Waals surface area contributed by atoms with Crippen LogP contribution in [0.25, 0.3) is 0 Å². The van der Waals surface area contributed by atoms with Gasteiger partial charge in [-0.25, -0.2) is 0 Å². The van der Waals surface area contributed by atoms with E-state index in [9.17, 15) is 5.11 Å². The first-order chi connectivity index (χ1) is 8.02. The summed E-state index contributed by atoms with van der Waals surface area (Å²) in [7, 11) is 1.74. The molecule has 0 spiro atoms. The highest BCUT2D eigenvalue weighted by molar-refractivity contribution is 5.43. The molecule has 6 heteroatoms. The van der Waals surface area contributed by atoms with Crippen LogP contribution in [0.5, 0.6) is 0 Å². The Hall–Kier alpha value is -1.82. The molecule has 0 amide bonds. The number of anilines is 1. The van der Waals surface area contributed by atoms with Crippen LogP contribution in [0.3, 0.4) is 0 Å². The second-order valence-electron chi connectivity index (χ2n) is 4.31. The zero-order valence-corrected chi connectivity index (χ0v) is 10.2. The normalized spacial score (nSPS) is 13.2. The third-order valence-corrected chi connectivity index (χ3v) is 2.78. The van der Waals surface area contributed by atoms with Crippen molar-refractivity contribution in [2.45, 2.75) is 26.0 Å². The molecule has 6 nitrogen and oxygen atoms in total. The molecule has 17 heavy (non-hydrogen) atoms. The number of rotatable bonds is 3. The molecule has 2 rings (SSSR count). The van der Waals surface area contributed by atoms with Gasteiger partial charge in [0.2, 0.25) is 0 Å². The summed E-state index contributed by atoms with van der Waals surface area (Å²) in [5, 5.41) is 18.5. The Balaban J connectivity index is 2.40. The summed E-state index contributed by atoms with van der Waals surface area (Å²) in [6.07, 6.45) is 2.46. The molecular formula is C11H17N5O. The van der Waals surface area contributed by atoms with Gasteiger partial charge in [0.25, 0.3) is 0 Å². The maximum atomic E-state index is 10.3. The van der Waals surface area contributed by atoms with Crippen LogP contribution >= 0.6 is 0 Å². The Morgan fingerprint density at radius 1 is 1.35 bits per heavy atom. The lowest BCUT2D eigenvalue weighted by molar-refractivity contribution is 0.205. The van der Waals surface area contributed by atoms with Crippen LogP contribution < -0.4 is 5.73 Å². The third-order valence-electron chi connectivity index (χ3n) is 2.78. The first-order valence-corrected chi connectivity index (χ1v) is 5.51. The molecule has 0 bridgehead atoms. The van der Waals surface area contributed by atoms with E-state index in [0.29, 0.717) is 11.4 Å². The highest BCUT2D eigenvalue weighted by Gasteiger charge is 2.21. The second-order valence-corrected chi connectivity index (χ2v) is 4.31. The summed E-state index contributed by atoms with van der Waals surface area (Å²) < 4.78 is 3.31. The molecule has 3 N–H and O–H groups in total. The summed E-state index contributed by atoms with van der Waals surface area (Å²) in [5.41, 5.74) is 7.17. The number of aliphatic hydroxyl groups is 1. The lowest BCUT2D eigenvalue weighted by atomic mass is 10.1. The molecule has 0 aliphatic rings. The number of aromatic nitrogens is 4. The van der Waals surface area contributed by atoms with Crippen molar-refractivity contribution in [3.63, 3.8) is 0 Å². The Kier molecular flexibility index (Phi) is 2.89. The van der Waals surface area contributed by atoms with Crippen molar-refractivity contribution >= 4 is 5.82 Å². The van der Waals surface area contributed by atoms with Crippen LogP contribution in [0, 0.1) is 0 Å². The van der Waals surface area contributed by atoms with Gasteiger partial charge in [0.1, 0.15) is 11.9 Å². The molecule has 2 aromatic heterocycles. The van der Waals surface area contributed by atoms with Gasteiger partial charge in [0.15, 0.2) is 0 Å². The number of hydrogen-bond donors (Lipinski definition) is 2. The second kappa shape index (κ2) is 4.21. The minimum absolute atomic E-state index is 0.188. The van der Waals surface area contributed by atoms with E-state index in [4.69, 9.17) is 5.73 Å². The number of nitrogens with two attached hydrogens (primary N) is 1. The maximum absolute atomic E-state index is 10.3. The summed E-state index contributed by atoms with van der Waals surface area (Å²) in [5.74, 6) is 0.467. The highest BCUT2D eigenvalue weighted by Crippen LogP contribution is 2.27. The van der Waals surface area contributed by atoms with E-state index in [1.165, 1.54) is 4.68 Å². The lowest BCUT2D eigenvalue weighted by Crippen LogP contribution is -2.13. The third kappa shape index (κ3) is 1.91. The minimum Gasteiger partial charge on any atom is -0.384 e. The molecule has 0 aromatic carbocycles. The summed E-state index contributed by atoms with van der Waals surface area (Å²) in [6, 6.07) is 1.98. The number of aryl methyl sites for hydroxylation is 1. The molecule has 0 saturated heterocycles. The van der Waals surface area contributed by atoms with Gasteiger partial charge in [-0.15, -0.1) is 0 Å². The van der Waals surface area contributed by atoms with Crippen molar-refractivity contribution in [3.8, 4) is 0 Å². The number of nitrogen functional groups attached to an aromatic ring is 1. The van der Waals surface area contributed by atoms with Crippen molar-refractivity contribution in [2.75, 3.05) is 5.73 Å². The van der Waals surface area contributed by atoms with Gasteiger partial charge >= 0.3 is 0 Å². The average Bonchev–Trinajstić information content (AvgIpc) is 2.87. The molecule has 1 atom stereocenters. The van der Waals surface area contributed by atoms with Crippen molar-refractivity contribution in [1.29, 1.82) is 0 Å². The summed E-state index contributed by atoms with van der Waals surface area (Å²) in [4.78, 5) is 0. The van der Waals surface area contributed by atoms with Gasteiger partial charge in [-0.2, -0.15) is 10.2 Å². The Morgan fingerprint density at radius 2 is 2.06 bits per heavy atom. The molecule has 2 heterocycles. The first-order valence-electron chi connectivity index (χ1n) is 5.51. The quantitative estimate of drug-likeness (QED) is 0.826. The smallest absolute Gasteiger partial charge is 0.127 e. The van der Waals surface area contributed by atoms with Crippen LogP contribution in [0.1, 0.15) is 37.3 Å². The molecule has 1 unspecified atom stereocenters. The fourth-order valence-corrected chi connectivity index (χ4v) is 1.81. The Bertz CT molecular complexity index is 514. The van der Waals surface area contributed by atoms with E-state index in [2.05, 4.69) is 10.2 Å². The Morgan fingerprint density at radius 3 is 2.59 bits per heavy atom. The molecule has 0 saturated carbocycles. The average molecular weight is 235 g/mol. The van der Waals surface area contributed by atoms with Gasteiger partial charge in [0, 0.05) is 24.8 Å². The molecule has 0 aliphatic heterocycles. The van der Waals surface area contributed by atoms with E-state index in [-0.39, 0.29) is 6.04 Å². The molecule has 92 valence electrons. The van der Waals surface area contributed by atoms with Crippen molar-refractivity contribution in [1.82, 2.24) is 19.6 Å². The Labute approximate surface area is 99.7 Å². The van der Waals surface area contributed by atoms with Crippen LogP contribution in [-0.4, -0.2) is 24.7 Å². The predicted octanol–water partition coefficient (Wildman–Crippen LogP) is 0.861. The molecule has 0 fully saturated rings. The number of nitrogens with zero attached hydrogens (tertiary/aromatic N) is 4. The van der Waals surface area contributed by atoms with E-state index in [0.717, 1.165) is 5.69 Å². The fourth-order valence-electron chi connectivity index (χ4n) is 1.81. The summed E-state index contributed by atoms with van der Waals surface area (Å²) >= 11 is 0. The molecular weight excluding hydrogens is 218 g/mol. The highest BCUT2D eigenvalue weighted by atomic mass is 16.3. The van der Waals surface area contributed by atoms with Crippen molar-refractivity contribution in [3.05, 3.63) is 29.7 Å². The van der Waals surface area contributed by atoms with Crippen molar-refractivity contribution in [2.24, 2.45) is 7.05 Å². The maximum Gasteiger partial charge on any atom is 0.127 e. The minimum atomic E-state index is -0.798. The number of hydrogen-bond acceptors (Lipinski definition) is 4. The predicted molar refractivity (Wildman–Crippen MR) is 64.3 cm³/mol. The number of aliphatic hydroxyl groups excluding tert-OH is 1. The summed E-state index contributed by atoms with van der Waals surface area (Å²) in [6.45, 7) is 4.02. The zero-order chi connectivity index (χ0) is 12.6. The van der Waals surface area contributed by atoms with Crippen LogP contribution in [0.4, 0.5) is 5.82 Å². The van der Waals surface area contributed by atoms with Gasteiger partial charge < -0.3 is 10.8 Å². The first kappa shape index (κ1) is 11.7. The van der Waals surface area contributed by atoms with Crippen LogP contribution in [-0.2, 0) is 7.05 Å². The van der Waals surface area contributed by atoms with Crippen LogP contribution in [0.2, 0.25) is 0 Å². The van der Waals surface area contributed by atoms with Gasteiger partial charge in [0.05, 0.1) is 11.9 Å². The van der Waals surface area contributed by atoms with Crippen molar-refractivity contribution < 1.29 is 5.11 Å².